The monoisotopic (exact) mass is 155 g/mol. The van der Waals surface area contributed by atoms with Gasteiger partial charge in [-0.2, -0.15) is 0 Å². The van der Waals surface area contributed by atoms with E-state index in [0.717, 1.165) is 0 Å². The summed E-state index contributed by atoms with van der Waals surface area (Å²) in [6.07, 6.45) is 0. The Kier molecular flexibility index (Phi) is 2.31. The first-order valence-corrected chi connectivity index (χ1v) is 3.25. The molecular weight excluding hydrogens is 145 g/mol. The van der Waals surface area contributed by atoms with Crippen LogP contribution < -0.4 is 10.5 Å². The van der Waals surface area contributed by atoms with Crippen molar-refractivity contribution in [3.05, 3.63) is 23.8 Å². The number of methoxy groups -OCH3 is 1. The molecule has 0 fully saturated rings. The van der Waals surface area contributed by atoms with Gasteiger partial charge >= 0.3 is 0 Å². The number of nitrogen functional groups attached to an aromatic ring is 1. The molecule has 1 rings (SSSR count). The molecular formula is C8H10FNO. The second kappa shape index (κ2) is 3.23. The maximum absolute atomic E-state index is 12.1. The van der Waals surface area contributed by atoms with Gasteiger partial charge in [0.15, 0.2) is 0 Å². The first-order chi connectivity index (χ1) is 5.26. The van der Waals surface area contributed by atoms with Crippen molar-refractivity contribution in [1.82, 2.24) is 0 Å². The van der Waals surface area contributed by atoms with E-state index in [1.165, 1.54) is 7.11 Å². The topological polar surface area (TPSA) is 35.2 Å². The number of rotatable bonds is 2. The van der Waals surface area contributed by atoms with Crippen molar-refractivity contribution in [2.24, 2.45) is 0 Å². The largest absolute Gasteiger partial charge is 0.497 e. The smallest absolute Gasteiger partial charge is 0.121 e. The normalized spacial score (nSPS) is 9.64. The molecule has 1 aromatic carbocycles. The van der Waals surface area contributed by atoms with Gasteiger partial charge in [-0.3, -0.25) is 0 Å². The van der Waals surface area contributed by atoms with Gasteiger partial charge in [0.1, 0.15) is 12.4 Å². The lowest BCUT2D eigenvalue weighted by molar-refractivity contribution is 0.412. The number of halogens is 1. The van der Waals surface area contributed by atoms with Crippen LogP contribution in [0.1, 0.15) is 5.56 Å². The van der Waals surface area contributed by atoms with Crippen molar-refractivity contribution in [3.8, 4) is 5.75 Å². The lowest BCUT2D eigenvalue weighted by Crippen LogP contribution is -1.90. The third-order valence-electron chi connectivity index (χ3n) is 1.38. The summed E-state index contributed by atoms with van der Waals surface area (Å²) in [6.45, 7) is -0.512. The third kappa shape index (κ3) is 1.83. The Morgan fingerprint density at radius 1 is 1.45 bits per heavy atom. The second-order valence-corrected chi connectivity index (χ2v) is 2.25. The molecule has 11 heavy (non-hydrogen) atoms. The van der Waals surface area contributed by atoms with E-state index in [4.69, 9.17) is 10.5 Å². The van der Waals surface area contributed by atoms with Gasteiger partial charge < -0.3 is 10.5 Å². The Balaban J connectivity index is 3.02. The maximum atomic E-state index is 12.1. The molecule has 3 heteroatoms. The Hall–Kier alpha value is -1.25. The van der Waals surface area contributed by atoms with Crippen molar-refractivity contribution < 1.29 is 9.13 Å². The van der Waals surface area contributed by atoms with Gasteiger partial charge in [0, 0.05) is 11.8 Å². The molecule has 60 valence electrons. The Morgan fingerprint density at radius 2 is 2.18 bits per heavy atom. The fourth-order valence-electron chi connectivity index (χ4n) is 0.881. The lowest BCUT2D eigenvalue weighted by atomic mass is 10.2. The van der Waals surface area contributed by atoms with Crippen molar-refractivity contribution in [3.63, 3.8) is 0 Å². The highest BCUT2D eigenvalue weighted by molar-refractivity contribution is 5.47. The molecule has 0 radical (unpaired) electrons. The predicted octanol–water partition coefficient (Wildman–Crippen LogP) is 1.75. The molecule has 0 saturated heterocycles. The van der Waals surface area contributed by atoms with Crippen LogP contribution in [0.15, 0.2) is 18.2 Å². The predicted molar refractivity (Wildman–Crippen MR) is 42.2 cm³/mol. The van der Waals surface area contributed by atoms with E-state index < -0.39 is 6.67 Å². The average molecular weight is 155 g/mol. The fraction of sp³-hybridized carbons (Fsp3) is 0.250. The van der Waals surface area contributed by atoms with E-state index in [1.807, 2.05) is 0 Å². The van der Waals surface area contributed by atoms with Crippen LogP contribution in [-0.2, 0) is 6.67 Å². The summed E-state index contributed by atoms with van der Waals surface area (Å²) in [6, 6.07) is 4.86. The first-order valence-electron chi connectivity index (χ1n) is 3.25. The maximum Gasteiger partial charge on any atom is 0.121 e. The lowest BCUT2D eigenvalue weighted by Gasteiger charge is -2.02. The summed E-state index contributed by atoms with van der Waals surface area (Å²) >= 11 is 0. The molecule has 0 aromatic heterocycles. The molecule has 0 aliphatic carbocycles. The highest BCUT2D eigenvalue weighted by Crippen LogP contribution is 2.18. The second-order valence-electron chi connectivity index (χ2n) is 2.25. The zero-order valence-electron chi connectivity index (χ0n) is 6.30. The molecule has 1 aromatic rings. The standard InChI is InChI=1S/C8H10FNO/c1-11-8-3-6(5-9)2-7(10)4-8/h2-4H,5,10H2,1H3. The minimum absolute atomic E-state index is 0.512. The quantitative estimate of drug-likeness (QED) is 0.660. The number of nitrogens with two attached hydrogens (primary N) is 1. The van der Waals surface area contributed by atoms with Gasteiger partial charge in [-0.05, 0) is 17.7 Å². The molecule has 0 unspecified atom stereocenters. The summed E-state index contributed by atoms with van der Waals surface area (Å²) in [4.78, 5) is 0. The Bertz CT molecular complexity index is 228. The van der Waals surface area contributed by atoms with E-state index in [9.17, 15) is 4.39 Å². The molecule has 0 heterocycles. The minimum atomic E-state index is -0.512. The van der Waals surface area contributed by atoms with E-state index in [1.54, 1.807) is 18.2 Å². The molecule has 0 atom stereocenters. The van der Waals surface area contributed by atoms with Crippen LogP contribution in [0.25, 0.3) is 0 Å². The van der Waals surface area contributed by atoms with Crippen LogP contribution in [0.5, 0.6) is 5.75 Å². The van der Waals surface area contributed by atoms with Crippen LogP contribution in [0.4, 0.5) is 10.1 Å². The number of benzene rings is 1. The highest BCUT2D eigenvalue weighted by atomic mass is 19.1. The van der Waals surface area contributed by atoms with Gasteiger partial charge in [0.25, 0.3) is 0 Å². The van der Waals surface area contributed by atoms with Crippen LogP contribution in [0, 0.1) is 0 Å². The molecule has 0 bridgehead atoms. The zero-order valence-corrected chi connectivity index (χ0v) is 6.30. The third-order valence-corrected chi connectivity index (χ3v) is 1.38. The molecule has 0 saturated carbocycles. The van der Waals surface area contributed by atoms with Crippen molar-refractivity contribution in [2.75, 3.05) is 12.8 Å². The van der Waals surface area contributed by atoms with Gasteiger partial charge in [-0.25, -0.2) is 4.39 Å². The molecule has 0 amide bonds. The number of anilines is 1. The van der Waals surface area contributed by atoms with E-state index in [-0.39, 0.29) is 0 Å². The van der Waals surface area contributed by atoms with Crippen LogP contribution >= 0.6 is 0 Å². The number of hydrogen-bond donors (Lipinski definition) is 1. The van der Waals surface area contributed by atoms with E-state index in [0.29, 0.717) is 17.0 Å². The van der Waals surface area contributed by atoms with Gasteiger partial charge in [-0.15, -0.1) is 0 Å². The van der Waals surface area contributed by atoms with Crippen molar-refractivity contribution in [1.29, 1.82) is 0 Å². The molecule has 0 aliphatic rings. The van der Waals surface area contributed by atoms with Crippen LogP contribution in [0.3, 0.4) is 0 Å². The highest BCUT2D eigenvalue weighted by Gasteiger charge is 1.97. The number of ether oxygens (including phenoxy) is 1. The van der Waals surface area contributed by atoms with Crippen LogP contribution in [-0.4, -0.2) is 7.11 Å². The summed E-state index contributed by atoms with van der Waals surface area (Å²) in [5.41, 5.74) is 6.53. The Morgan fingerprint density at radius 3 is 2.73 bits per heavy atom. The zero-order chi connectivity index (χ0) is 8.27. The first kappa shape index (κ1) is 7.85. The van der Waals surface area contributed by atoms with Crippen molar-refractivity contribution >= 4 is 5.69 Å². The van der Waals surface area contributed by atoms with E-state index >= 15 is 0 Å². The summed E-state index contributed by atoms with van der Waals surface area (Å²) in [7, 11) is 1.52. The number of hydrogen-bond acceptors (Lipinski definition) is 2. The average Bonchev–Trinajstić information content (AvgIpc) is 2.03. The molecule has 0 aliphatic heterocycles. The molecule has 0 spiro atoms. The number of alkyl halides is 1. The SMILES string of the molecule is COc1cc(N)cc(CF)c1. The summed E-state index contributed by atoms with van der Waals surface area (Å²) < 4.78 is 17.0. The van der Waals surface area contributed by atoms with Crippen molar-refractivity contribution in [2.45, 2.75) is 6.67 Å². The van der Waals surface area contributed by atoms with E-state index in [2.05, 4.69) is 0 Å². The minimum Gasteiger partial charge on any atom is -0.497 e. The summed E-state index contributed by atoms with van der Waals surface area (Å²) in [5, 5.41) is 0. The van der Waals surface area contributed by atoms with Gasteiger partial charge in [0.2, 0.25) is 0 Å². The van der Waals surface area contributed by atoms with Gasteiger partial charge in [0.05, 0.1) is 7.11 Å². The van der Waals surface area contributed by atoms with Crippen LogP contribution in [0.2, 0.25) is 0 Å². The summed E-state index contributed by atoms with van der Waals surface area (Å²) in [5.74, 6) is 0.595. The molecule has 2 N–H and O–H groups in total. The fourth-order valence-corrected chi connectivity index (χ4v) is 0.881. The Labute approximate surface area is 64.8 Å². The van der Waals surface area contributed by atoms with Gasteiger partial charge in [-0.1, -0.05) is 0 Å². The molecule has 2 nitrogen and oxygen atoms in total.